The average molecular weight is 295 g/mol. The van der Waals surface area contributed by atoms with Gasteiger partial charge in [-0.05, 0) is 42.9 Å². The van der Waals surface area contributed by atoms with Gasteiger partial charge < -0.3 is 15.2 Å². The fourth-order valence-corrected chi connectivity index (χ4v) is 2.95. The van der Waals surface area contributed by atoms with Crippen molar-refractivity contribution in [2.45, 2.75) is 31.9 Å². The van der Waals surface area contributed by atoms with Gasteiger partial charge in [-0.15, -0.1) is 11.3 Å². The summed E-state index contributed by atoms with van der Waals surface area (Å²) in [5.74, 6) is -1.22. The second kappa shape index (κ2) is 6.67. The third-order valence-corrected chi connectivity index (χ3v) is 4.12. The third-order valence-electron chi connectivity index (χ3n) is 3.19. The van der Waals surface area contributed by atoms with Crippen molar-refractivity contribution in [1.29, 1.82) is 0 Å². The zero-order chi connectivity index (χ0) is 14.5. The number of rotatable bonds is 5. The van der Waals surface area contributed by atoms with Crippen LogP contribution >= 0.6 is 11.3 Å². The molecule has 2 N–H and O–H groups in total. The van der Waals surface area contributed by atoms with E-state index in [1.165, 1.54) is 17.4 Å². The van der Waals surface area contributed by atoms with Crippen LogP contribution in [0.2, 0.25) is 0 Å². The summed E-state index contributed by atoms with van der Waals surface area (Å²) in [6.45, 7) is 2.67. The molecule has 2 rings (SSSR count). The topological polar surface area (TPSA) is 75.6 Å². The van der Waals surface area contributed by atoms with E-state index in [-0.39, 0.29) is 18.1 Å². The molecule has 0 aromatic carbocycles. The van der Waals surface area contributed by atoms with Crippen LogP contribution in [0.3, 0.4) is 0 Å². The van der Waals surface area contributed by atoms with Crippen LogP contribution in [0.4, 0.5) is 0 Å². The number of hydrogen-bond donors (Lipinski definition) is 2. The highest BCUT2D eigenvalue weighted by atomic mass is 32.1. The van der Waals surface area contributed by atoms with Crippen molar-refractivity contribution in [3.05, 3.63) is 28.0 Å². The van der Waals surface area contributed by atoms with Crippen LogP contribution in [0.1, 0.15) is 35.0 Å². The Bertz CT molecular complexity index is 517. The molecule has 1 aliphatic rings. The molecule has 0 saturated carbocycles. The summed E-state index contributed by atoms with van der Waals surface area (Å²) in [6, 6.07) is 1.68. The minimum Gasteiger partial charge on any atom is -0.478 e. The molecule has 0 spiro atoms. The number of carbonyl (C=O) groups excluding carboxylic acids is 1. The van der Waals surface area contributed by atoms with E-state index in [1.807, 2.05) is 6.92 Å². The monoisotopic (exact) mass is 295 g/mol. The molecule has 1 fully saturated rings. The average Bonchev–Trinajstić information content (AvgIpc) is 3.07. The largest absolute Gasteiger partial charge is 0.478 e. The smallest absolute Gasteiger partial charge is 0.328 e. The van der Waals surface area contributed by atoms with Crippen molar-refractivity contribution < 1.29 is 19.4 Å². The van der Waals surface area contributed by atoms with Gasteiger partial charge in [-0.25, -0.2) is 4.79 Å². The maximum absolute atomic E-state index is 12.2. The molecule has 20 heavy (non-hydrogen) atoms. The highest BCUT2D eigenvalue weighted by Gasteiger charge is 2.24. The van der Waals surface area contributed by atoms with Crippen LogP contribution in [0, 0.1) is 0 Å². The quantitative estimate of drug-likeness (QED) is 0.816. The lowest BCUT2D eigenvalue weighted by molar-refractivity contribution is -0.131. The highest BCUT2D eigenvalue weighted by molar-refractivity contribution is 7.12. The van der Waals surface area contributed by atoms with Crippen LogP contribution < -0.4 is 5.32 Å². The number of carboxylic acid groups (broad SMARTS) is 1. The molecule has 1 saturated heterocycles. The molecule has 6 heteroatoms. The Morgan fingerprint density at radius 2 is 2.40 bits per heavy atom. The van der Waals surface area contributed by atoms with Crippen molar-refractivity contribution in [2.75, 3.05) is 6.61 Å². The summed E-state index contributed by atoms with van der Waals surface area (Å²) in [5, 5.41) is 13.3. The predicted molar refractivity (Wildman–Crippen MR) is 76.9 cm³/mol. The fraction of sp³-hybridized carbons (Fsp3) is 0.429. The molecule has 2 atom stereocenters. The first-order valence-corrected chi connectivity index (χ1v) is 7.37. The first-order valence-electron chi connectivity index (χ1n) is 6.49. The Kier molecular flexibility index (Phi) is 4.92. The predicted octanol–water partition coefficient (Wildman–Crippen LogP) is 2.14. The summed E-state index contributed by atoms with van der Waals surface area (Å²) in [5.41, 5.74) is 0.620. The number of amides is 1. The van der Waals surface area contributed by atoms with Gasteiger partial charge in [0.2, 0.25) is 0 Å². The van der Waals surface area contributed by atoms with E-state index in [0.717, 1.165) is 25.5 Å². The second-order valence-electron chi connectivity index (χ2n) is 4.69. The standard InChI is InChI=1S/C14H17NO4S/c1-9(11-3-2-7-19-11)15-14(18)13-10(6-8-20-13)4-5-12(16)17/h4-6,8-9,11H,2-3,7H2,1H3,(H,15,18)(H,16,17). The maximum atomic E-state index is 12.2. The lowest BCUT2D eigenvalue weighted by Crippen LogP contribution is -2.40. The van der Waals surface area contributed by atoms with E-state index in [1.54, 1.807) is 11.4 Å². The summed E-state index contributed by atoms with van der Waals surface area (Å²) in [7, 11) is 0. The normalized spacial score (nSPS) is 20.1. The van der Waals surface area contributed by atoms with Crippen LogP contribution in [-0.2, 0) is 9.53 Å². The van der Waals surface area contributed by atoms with Crippen LogP contribution in [0.5, 0.6) is 0 Å². The molecule has 2 unspecified atom stereocenters. The molecule has 0 radical (unpaired) electrons. The van der Waals surface area contributed by atoms with Gasteiger partial charge in [-0.3, -0.25) is 4.79 Å². The van der Waals surface area contributed by atoms with Gasteiger partial charge in [0.1, 0.15) is 0 Å². The number of aliphatic carboxylic acids is 1. The van der Waals surface area contributed by atoms with Crippen molar-refractivity contribution in [3.8, 4) is 0 Å². The molecule has 108 valence electrons. The van der Waals surface area contributed by atoms with Gasteiger partial charge in [0.25, 0.3) is 5.91 Å². The van der Waals surface area contributed by atoms with Crippen LogP contribution in [0.25, 0.3) is 6.08 Å². The number of carboxylic acids is 1. The minimum atomic E-state index is -1.03. The van der Waals surface area contributed by atoms with Gasteiger partial charge in [-0.1, -0.05) is 0 Å². The Balaban J connectivity index is 2.02. The fourth-order valence-electron chi connectivity index (χ4n) is 2.16. The summed E-state index contributed by atoms with van der Waals surface area (Å²) in [4.78, 5) is 23.2. The van der Waals surface area contributed by atoms with E-state index in [0.29, 0.717) is 10.4 Å². The van der Waals surface area contributed by atoms with Crippen LogP contribution in [0.15, 0.2) is 17.5 Å². The summed E-state index contributed by atoms with van der Waals surface area (Å²) >= 11 is 1.30. The van der Waals surface area contributed by atoms with Crippen LogP contribution in [-0.4, -0.2) is 35.7 Å². The van der Waals surface area contributed by atoms with Gasteiger partial charge in [-0.2, -0.15) is 0 Å². The summed E-state index contributed by atoms with van der Waals surface area (Å²) in [6.07, 6.45) is 4.51. The number of thiophene rings is 1. The second-order valence-corrected chi connectivity index (χ2v) is 5.61. The third kappa shape index (κ3) is 3.68. The van der Waals surface area contributed by atoms with Crippen molar-refractivity contribution in [1.82, 2.24) is 5.32 Å². The van der Waals surface area contributed by atoms with Crippen molar-refractivity contribution >= 4 is 29.3 Å². The van der Waals surface area contributed by atoms with Crippen molar-refractivity contribution in [2.24, 2.45) is 0 Å². The first kappa shape index (κ1) is 14.7. The molecule has 1 aromatic rings. The van der Waals surface area contributed by atoms with E-state index in [4.69, 9.17) is 9.84 Å². The minimum absolute atomic E-state index is 0.0524. The van der Waals surface area contributed by atoms with Gasteiger partial charge in [0, 0.05) is 12.7 Å². The van der Waals surface area contributed by atoms with E-state index < -0.39 is 5.97 Å². The van der Waals surface area contributed by atoms with E-state index in [9.17, 15) is 9.59 Å². The SMILES string of the molecule is CC(NC(=O)c1sccc1C=CC(=O)O)C1CCCO1. The van der Waals surface area contributed by atoms with Gasteiger partial charge in [0.05, 0.1) is 17.0 Å². The number of hydrogen-bond acceptors (Lipinski definition) is 4. The Morgan fingerprint density at radius 1 is 1.60 bits per heavy atom. The molecule has 0 aliphatic carbocycles. The summed E-state index contributed by atoms with van der Waals surface area (Å²) < 4.78 is 5.54. The van der Waals surface area contributed by atoms with E-state index in [2.05, 4.69) is 5.32 Å². The molecular formula is C14H17NO4S. The molecule has 5 nitrogen and oxygen atoms in total. The van der Waals surface area contributed by atoms with Gasteiger partial charge in [0.15, 0.2) is 0 Å². The zero-order valence-corrected chi connectivity index (χ0v) is 12.0. The Morgan fingerprint density at radius 3 is 3.05 bits per heavy atom. The molecule has 1 amide bonds. The van der Waals surface area contributed by atoms with E-state index >= 15 is 0 Å². The van der Waals surface area contributed by atoms with Crippen molar-refractivity contribution in [3.63, 3.8) is 0 Å². The highest BCUT2D eigenvalue weighted by Crippen LogP contribution is 2.20. The number of carbonyl (C=O) groups is 2. The number of nitrogens with one attached hydrogen (secondary N) is 1. The molecule has 1 aliphatic heterocycles. The number of ether oxygens (including phenoxy) is 1. The molecule has 0 bridgehead atoms. The molecule has 1 aromatic heterocycles. The Hall–Kier alpha value is -1.66. The van der Waals surface area contributed by atoms with Gasteiger partial charge >= 0.3 is 5.97 Å². The molecule has 2 heterocycles. The lowest BCUT2D eigenvalue weighted by Gasteiger charge is -2.19. The molecular weight excluding hydrogens is 278 g/mol. The first-order chi connectivity index (χ1) is 9.58. The zero-order valence-electron chi connectivity index (χ0n) is 11.2. The Labute approximate surface area is 121 Å². The maximum Gasteiger partial charge on any atom is 0.328 e. The lowest BCUT2D eigenvalue weighted by atomic mass is 10.1.